The van der Waals surface area contributed by atoms with Gasteiger partial charge in [0.1, 0.15) is 0 Å². The van der Waals surface area contributed by atoms with Crippen molar-refractivity contribution in [3.05, 3.63) is 64.6 Å². The highest BCUT2D eigenvalue weighted by Gasteiger charge is 2.12. The summed E-state index contributed by atoms with van der Waals surface area (Å²) in [7, 11) is 0. The number of rotatable bonds is 10. The molecule has 0 atom stereocenters. The Bertz CT molecular complexity index is 1150. The maximum Gasteiger partial charge on any atom is 0.319 e. The number of aromatic nitrogens is 1. The van der Waals surface area contributed by atoms with Crippen molar-refractivity contribution in [2.24, 2.45) is 5.92 Å². The summed E-state index contributed by atoms with van der Waals surface area (Å²) in [6, 6.07) is 12.8. The molecule has 2 aromatic carbocycles. The lowest BCUT2D eigenvalue weighted by Gasteiger charge is -2.15. The number of urea groups is 1. The summed E-state index contributed by atoms with van der Waals surface area (Å²) < 4.78 is 12.9. The summed E-state index contributed by atoms with van der Waals surface area (Å²) in [5, 5.41) is 7.13. The maximum absolute atomic E-state index is 12.8. The Kier molecular flexibility index (Phi) is 8.35. The number of carbonyl (C=O) groups is 1. The van der Waals surface area contributed by atoms with Crippen LogP contribution < -0.4 is 25.7 Å². The zero-order valence-corrected chi connectivity index (χ0v) is 19.8. The molecule has 0 radical (unpaired) electrons. The molecule has 2 amide bonds. The number of fused-ring (bicyclic) bond motifs is 1. The molecule has 7 nitrogen and oxygen atoms in total. The molecule has 2 N–H and O–H groups in total. The van der Waals surface area contributed by atoms with E-state index in [0.29, 0.717) is 55.5 Å². The molecule has 0 fully saturated rings. The predicted octanol–water partition coefficient (Wildman–Crippen LogP) is 4.82. The standard InChI is InChI=1S/C26H33N3O4/c1-5-32-23-12-11-19(15-24(23)33-6-2)13-14-27-26(31)28-22-17-29(16-18(3)4)25(30)21-10-8-7-9-20(21)22/h7-12,15,17-18H,5-6,13-14,16H2,1-4H3,(H2,27,28,31). The highest BCUT2D eigenvalue weighted by Crippen LogP contribution is 2.28. The Labute approximate surface area is 194 Å². The molecule has 1 aromatic heterocycles. The van der Waals surface area contributed by atoms with Crippen LogP contribution in [0.15, 0.2) is 53.5 Å². The summed E-state index contributed by atoms with van der Waals surface area (Å²) in [5.41, 5.74) is 1.60. The molecule has 176 valence electrons. The number of nitrogens with zero attached hydrogens (tertiary/aromatic N) is 1. The van der Waals surface area contributed by atoms with Crippen LogP contribution in [-0.4, -0.2) is 30.4 Å². The normalized spacial score (nSPS) is 10.9. The van der Waals surface area contributed by atoms with Crippen molar-refractivity contribution in [2.75, 3.05) is 25.1 Å². The van der Waals surface area contributed by atoms with Gasteiger partial charge < -0.3 is 24.7 Å². The second kappa shape index (κ2) is 11.4. The van der Waals surface area contributed by atoms with Crippen LogP contribution >= 0.6 is 0 Å². The van der Waals surface area contributed by atoms with Gasteiger partial charge >= 0.3 is 6.03 Å². The van der Waals surface area contributed by atoms with Crippen molar-refractivity contribution in [3.8, 4) is 11.5 Å². The molecule has 0 bridgehead atoms. The number of pyridine rings is 1. The fourth-order valence-electron chi connectivity index (χ4n) is 3.71. The van der Waals surface area contributed by atoms with Crippen molar-refractivity contribution in [3.63, 3.8) is 0 Å². The van der Waals surface area contributed by atoms with Crippen LogP contribution in [0.25, 0.3) is 10.8 Å². The minimum Gasteiger partial charge on any atom is -0.490 e. The molecule has 0 unspecified atom stereocenters. The summed E-state index contributed by atoms with van der Waals surface area (Å²) in [6.07, 6.45) is 2.37. The summed E-state index contributed by atoms with van der Waals surface area (Å²) in [4.78, 5) is 25.4. The number of anilines is 1. The third-order valence-corrected chi connectivity index (χ3v) is 5.11. The zero-order chi connectivity index (χ0) is 23.8. The van der Waals surface area contributed by atoms with Gasteiger partial charge in [0.2, 0.25) is 0 Å². The largest absolute Gasteiger partial charge is 0.490 e. The maximum atomic E-state index is 12.8. The molecule has 0 aliphatic carbocycles. The number of benzene rings is 2. The van der Waals surface area contributed by atoms with E-state index in [1.165, 1.54) is 0 Å². The first kappa shape index (κ1) is 24.2. The number of nitrogens with one attached hydrogen (secondary N) is 2. The number of amides is 2. The van der Waals surface area contributed by atoms with Crippen molar-refractivity contribution < 1.29 is 14.3 Å². The molecule has 0 saturated carbocycles. The average Bonchev–Trinajstić information content (AvgIpc) is 2.78. The summed E-state index contributed by atoms with van der Waals surface area (Å²) >= 11 is 0. The first-order valence-electron chi connectivity index (χ1n) is 11.5. The number of hydrogen-bond donors (Lipinski definition) is 2. The molecule has 0 saturated heterocycles. The Balaban J connectivity index is 1.68. The van der Waals surface area contributed by atoms with Crippen LogP contribution in [-0.2, 0) is 13.0 Å². The SMILES string of the molecule is CCOc1ccc(CCNC(=O)Nc2cn(CC(C)C)c(=O)c3ccccc23)cc1OCC. The second-order valence-electron chi connectivity index (χ2n) is 8.22. The molecule has 3 rings (SSSR count). The van der Waals surface area contributed by atoms with Crippen LogP contribution in [0.5, 0.6) is 11.5 Å². The molecular weight excluding hydrogens is 418 g/mol. The van der Waals surface area contributed by atoms with Crippen molar-refractivity contribution in [1.82, 2.24) is 9.88 Å². The Morgan fingerprint density at radius 3 is 2.39 bits per heavy atom. The molecule has 33 heavy (non-hydrogen) atoms. The highest BCUT2D eigenvalue weighted by atomic mass is 16.5. The van der Waals surface area contributed by atoms with Gasteiger partial charge in [0.05, 0.1) is 18.9 Å². The Morgan fingerprint density at radius 2 is 1.70 bits per heavy atom. The Morgan fingerprint density at radius 1 is 1.00 bits per heavy atom. The van der Waals surface area contributed by atoms with Crippen molar-refractivity contribution >= 4 is 22.5 Å². The quantitative estimate of drug-likeness (QED) is 0.463. The van der Waals surface area contributed by atoms with E-state index in [-0.39, 0.29) is 11.6 Å². The molecule has 0 aliphatic heterocycles. The van der Waals surface area contributed by atoms with E-state index in [1.807, 2.05) is 50.2 Å². The van der Waals surface area contributed by atoms with E-state index >= 15 is 0 Å². The van der Waals surface area contributed by atoms with Crippen LogP contribution in [0.4, 0.5) is 10.5 Å². The van der Waals surface area contributed by atoms with Crippen molar-refractivity contribution in [1.29, 1.82) is 0 Å². The summed E-state index contributed by atoms with van der Waals surface area (Å²) in [6.45, 7) is 10.1. The van der Waals surface area contributed by atoms with E-state index in [2.05, 4.69) is 24.5 Å². The lowest BCUT2D eigenvalue weighted by Crippen LogP contribution is -2.31. The van der Waals surface area contributed by atoms with Gasteiger partial charge in [0.15, 0.2) is 11.5 Å². The van der Waals surface area contributed by atoms with Gasteiger partial charge in [-0.1, -0.05) is 38.1 Å². The first-order chi connectivity index (χ1) is 15.9. The lowest BCUT2D eigenvalue weighted by atomic mass is 10.1. The monoisotopic (exact) mass is 451 g/mol. The fraction of sp³-hybridized carbons (Fsp3) is 0.385. The van der Waals surface area contributed by atoms with Gasteiger partial charge in [-0.2, -0.15) is 0 Å². The molecule has 1 heterocycles. The van der Waals surface area contributed by atoms with Crippen LogP contribution in [0.1, 0.15) is 33.3 Å². The predicted molar refractivity (Wildman–Crippen MR) is 133 cm³/mol. The van der Waals surface area contributed by atoms with E-state index < -0.39 is 0 Å². The molecule has 7 heteroatoms. The third-order valence-electron chi connectivity index (χ3n) is 5.11. The fourth-order valence-corrected chi connectivity index (χ4v) is 3.71. The number of ether oxygens (including phenoxy) is 2. The molecule has 0 spiro atoms. The van der Waals surface area contributed by atoms with Gasteiger partial charge in [-0.3, -0.25) is 4.79 Å². The van der Waals surface area contributed by atoms with Gasteiger partial charge in [-0.05, 0) is 49.9 Å². The Hall–Kier alpha value is -3.48. The number of hydrogen-bond acceptors (Lipinski definition) is 4. The van der Waals surface area contributed by atoms with Gasteiger partial charge in [0, 0.05) is 30.1 Å². The molecule has 3 aromatic rings. The molecule has 0 aliphatic rings. The van der Waals surface area contributed by atoms with Crippen LogP contribution in [0, 0.1) is 5.92 Å². The topological polar surface area (TPSA) is 81.6 Å². The van der Waals surface area contributed by atoms with Gasteiger partial charge in [-0.25, -0.2) is 4.79 Å². The van der Waals surface area contributed by atoms with Gasteiger partial charge in [0.25, 0.3) is 5.56 Å². The summed E-state index contributed by atoms with van der Waals surface area (Å²) in [5.74, 6) is 1.73. The third kappa shape index (κ3) is 6.28. The van der Waals surface area contributed by atoms with Gasteiger partial charge in [-0.15, -0.1) is 0 Å². The van der Waals surface area contributed by atoms with Crippen molar-refractivity contribution in [2.45, 2.75) is 40.7 Å². The lowest BCUT2D eigenvalue weighted by molar-refractivity contribution is 0.252. The highest BCUT2D eigenvalue weighted by molar-refractivity contribution is 6.00. The van der Waals surface area contributed by atoms with Crippen LogP contribution in [0.3, 0.4) is 0 Å². The van der Waals surface area contributed by atoms with E-state index in [0.717, 1.165) is 16.7 Å². The first-order valence-corrected chi connectivity index (χ1v) is 11.5. The van der Waals surface area contributed by atoms with E-state index in [1.54, 1.807) is 16.8 Å². The smallest absolute Gasteiger partial charge is 0.319 e. The number of carbonyl (C=O) groups excluding carboxylic acids is 1. The van der Waals surface area contributed by atoms with E-state index in [9.17, 15) is 9.59 Å². The zero-order valence-electron chi connectivity index (χ0n) is 19.8. The van der Waals surface area contributed by atoms with E-state index in [4.69, 9.17) is 9.47 Å². The minimum absolute atomic E-state index is 0.0501. The minimum atomic E-state index is -0.314. The average molecular weight is 452 g/mol. The second-order valence-corrected chi connectivity index (χ2v) is 8.22. The van der Waals surface area contributed by atoms with Crippen LogP contribution in [0.2, 0.25) is 0 Å². The molecular formula is C26H33N3O4.